The van der Waals surface area contributed by atoms with Gasteiger partial charge in [-0.05, 0) is 64.4 Å². The first-order valence-electron chi connectivity index (χ1n) is 7.58. The van der Waals surface area contributed by atoms with E-state index in [0.29, 0.717) is 0 Å². The molecule has 0 radical (unpaired) electrons. The largest absolute Gasteiger partial charge is 0.506 e. The molecule has 0 amide bonds. The Labute approximate surface area is 151 Å². The second kappa shape index (κ2) is 4.84. The second-order valence-electron chi connectivity index (χ2n) is 7.13. The summed E-state index contributed by atoms with van der Waals surface area (Å²) in [5.74, 6) is 0.256. The van der Waals surface area contributed by atoms with E-state index in [2.05, 4.69) is 89.0 Å². The Bertz CT molecular complexity index is 1000. The van der Waals surface area contributed by atoms with Crippen LogP contribution >= 0.6 is 31.9 Å². The van der Waals surface area contributed by atoms with Gasteiger partial charge in [-0.15, -0.1) is 0 Å². The summed E-state index contributed by atoms with van der Waals surface area (Å²) in [6, 6.07) is 13.1. The standard InChI is InChI=1S/C20H16Br2O/c1-20(2,3)12-8-10-4-6-13-16-14(18(22)19(23)17(13)21)7-5-11(9-12)15(10)16/h4-9,23H,1-3H3/i17+1. The lowest BCUT2D eigenvalue weighted by Gasteiger charge is -2.22. The number of hydrogen-bond acceptors (Lipinski definition) is 1. The van der Waals surface area contributed by atoms with Gasteiger partial charge in [0.15, 0.2) is 0 Å². The lowest BCUT2D eigenvalue weighted by Crippen LogP contribution is -2.10. The van der Waals surface area contributed by atoms with Crippen molar-refractivity contribution in [1.82, 2.24) is 0 Å². The molecule has 0 bridgehead atoms. The zero-order chi connectivity index (χ0) is 16.5. The van der Waals surface area contributed by atoms with Crippen molar-refractivity contribution in [3.63, 3.8) is 0 Å². The summed E-state index contributed by atoms with van der Waals surface area (Å²) in [7, 11) is 0. The van der Waals surface area contributed by atoms with Crippen molar-refractivity contribution in [3.05, 3.63) is 50.9 Å². The smallest absolute Gasteiger partial charge is 0.145 e. The van der Waals surface area contributed by atoms with E-state index >= 15 is 0 Å². The lowest BCUT2D eigenvalue weighted by molar-refractivity contribution is 0.470. The van der Waals surface area contributed by atoms with E-state index in [1.54, 1.807) is 0 Å². The van der Waals surface area contributed by atoms with E-state index in [0.717, 1.165) is 19.7 Å². The minimum atomic E-state index is 0.115. The molecule has 0 atom stereocenters. The molecule has 4 rings (SSSR count). The van der Waals surface area contributed by atoms with Crippen LogP contribution < -0.4 is 0 Å². The zero-order valence-electron chi connectivity index (χ0n) is 13.2. The average molecular weight is 433 g/mol. The maximum Gasteiger partial charge on any atom is 0.145 e. The fraction of sp³-hybridized carbons (Fsp3) is 0.200. The summed E-state index contributed by atoms with van der Waals surface area (Å²) in [6.45, 7) is 6.72. The molecular formula is C20H16Br2O. The first kappa shape index (κ1) is 15.2. The van der Waals surface area contributed by atoms with Crippen molar-refractivity contribution >= 4 is 64.2 Å². The van der Waals surface area contributed by atoms with Crippen LogP contribution in [0.2, 0.25) is 0 Å². The van der Waals surface area contributed by atoms with Crippen molar-refractivity contribution < 1.29 is 5.11 Å². The van der Waals surface area contributed by atoms with Crippen LogP contribution in [0.5, 0.6) is 5.75 Å². The van der Waals surface area contributed by atoms with Gasteiger partial charge in [0.05, 0.1) is 8.95 Å². The third-order valence-electron chi connectivity index (χ3n) is 4.60. The molecule has 4 aromatic carbocycles. The molecule has 4 aromatic rings. The summed E-state index contributed by atoms with van der Waals surface area (Å²) in [5.41, 5.74) is 1.45. The molecule has 0 heterocycles. The SMILES string of the molecule is CC(C)(C)c1cc2ccc3c(Br)c(O)[13c](Br)c4ccc(c1)c2c34. The monoisotopic (exact) mass is 431 g/mol. The molecule has 0 spiro atoms. The molecule has 0 saturated carbocycles. The molecule has 0 unspecified atom stereocenters. The highest BCUT2D eigenvalue weighted by Gasteiger charge is 2.20. The molecule has 1 nitrogen and oxygen atoms in total. The fourth-order valence-electron chi connectivity index (χ4n) is 3.32. The van der Waals surface area contributed by atoms with Crippen LogP contribution in [-0.4, -0.2) is 5.11 Å². The third kappa shape index (κ3) is 2.10. The van der Waals surface area contributed by atoms with Gasteiger partial charge in [0, 0.05) is 10.8 Å². The molecule has 1 N–H and O–H groups in total. The minimum Gasteiger partial charge on any atom is -0.506 e. The van der Waals surface area contributed by atoms with Crippen molar-refractivity contribution in [2.45, 2.75) is 26.2 Å². The lowest BCUT2D eigenvalue weighted by atomic mass is 9.83. The molecule has 0 saturated heterocycles. The quantitative estimate of drug-likeness (QED) is 0.293. The predicted molar refractivity (Wildman–Crippen MR) is 106 cm³/mol. The van der Waals surface area contributed by atoms with Crippen LogP contribution in [0.25, 0.3) is 32.3 Å². The molecule has 116 valence electrons. The molecule has 3 heteroatoms. The number of benzene rings is 4. The highest BCUT2D eigenvalue weighted by Crippen LogP contribution is 2.47. The van der Waals surface area contributed by atoms with Gasteiger partial charge in [0.2, 0.25) is 0 Å². The first-order chi connectivity index (χ1) is 10.8. The van der Waals surface area contributed by atoms with Crippen molar-refractivity contribution in [1.29, 1.82) is 0 Å². The Balaban J connectivity index is 2.28. The van der Waals surface area contributed by atoms with Gasteiger partial charge in [-0.2, -0.15) is 0 Å². The van der Waals surface area contributed by atoms with Crippen LogP contribution in [0.4, 0.5) is 0 Å². The van der Waals surface area contributed by atoms with E-state index in [9.17, 15) is 5.11 Å². The van der Waals surface area contributed by atoms with Gasteiger partial charge < -0.3 is 5.11 Å². The van der Waals surface area contributed by atoms with Crippen LogP contribution in [0, 0.1) is 0 Å². The molecule has 0 fully saturated rings. The predicted octanol–water partition coefficient (Wildman–Crippen LogP) is 7.11. The van der Waals surface area contributed by atoms with Crippen LogP contribution in [0.3, 0.4) is 0 Å². The maximum atomic E-state index is 10.3. The van der Waals surface area contributed by atoms with Gasteiger partial charge in [-0.1, -0.05) is 57.2 Å². The van der Waals surface area contributed by atoms with Gasteiger partial charge in [-0.25, -0.2) is 0 Å². The van der Waals surface area contributed by atoms with Gasteiger partial charge >= 0.3 is 0 Å². The number of rotatable bonds is 0. The minimum absolute atomic E-state index is 0.115. The van der Waals surface area contributed by atoms with Gasteiger partial charge in [0.25, 0.3) is 0 Å². The number of aromatic hydroxyl groups is 1. The van der Waals surface area contributed by atoms with E-state index < -0.39 is 0 Å². The summed E-state index contributed by atoms with van der Waals surface area (Å²) < 4.78 is 1.48. The molecule has 0 aliphatic carbocycles. The van der Waals surface area contributed by atoms with Crippen LogP contribution in [-0.2, 0) is 5.41 Å². The third-order valence-corrected chi connectivity index (χ3v) is 6.21. The van der Waals surface area contributed by atoms with Crippen LogP contribution in [0.15, 0.2) is 45.3 Å². The van der Waals surface area contributed by atoms with Gasteiger partial charge in [-0.3, -0.25) is 0 Å². The van der Waals surface area contributed by atoms with Crippen LogP contribution in [0.1, 0.15) is 26.3 Å². The van der Waals surface area contributed by atoms with Crippen molar-refractivity contribution in [2.24, 2.45) is 0 Å². The Morgan fingerprint density at radius 1 is 0.783 bits per heavy atom. The highest BCUT2D eigenvalue weighted by molar-refractivity contribution is 9.11. The van der Waals surface area contributed by atoms with E-state index in [1.807, 2.05) is 0 Å². The average Bonchev–Trinajstić information content (AvgIpc) is 2.51. The number of phenolic OH excluding ortho intramolecular Hbond substituents is 1. The van der Waals surface area contributed by atoms with Gasteiger partial charge in [0.1, 0.15) is 5.75 Å². The molecule has 0 aliphatic rings. The first-order valence-corrected chi connectivity index (χ1v) is 9.16. The number of hydrogen-bond donors (Lipinski definition) is 1. The highest BCUT2D eigenvalue weighted by atomic mass is 79.9. The number of phenols is 1. The summed E-state index contributed by atoms with van der Waals surface area (Å²) >= 11 is 7.08. The second-order valence-corrected chi connectivity index (χ2v) is 8.71. The molecule has 0 aromatic heterocycles. The normalized spacial score (nSPS) is 12.7. The summed E-state index contributed by atoms with van der Waals surface area (Å²) in [5, 5.41) is 17.4. The maximum absolute atomic E-state index is 10.3. The Morgan fingerprint density at radius 3 is 1.70 bits per heavy atom. The molecule has 23 heavy (non-hydrogen) atoms. The number of halogens is 2. The summed E-state index contributed by atoms with van der Waals surface area (Å²) in [4.78, 5) is 0. The van der Waals surface area contributed by atoms with E-state index in [4.69, 9.17) is 0 Å². The Kier molecular flexibility index (Phi) is 3.20. The Morgan fingerprint density at radius 2 is 1.26 bits per heavy atom. The zero-order valence-corrected chi connectivity index (χ0v) is 16.3. The van der Waals surface area contributed by atoms with Crippen molar-refractivity contribution in [2.75, 3.05) is 0 Å². The molecule has 0 aliphatic heterocycles. The molecular weight excluding hydrogens is 417 g/mol. The van der Waals surface area contributed by atoms with E-state index in [1.165, 1.54) is 27.1 Å². The van der Waals surface area contributed by atoms with E-state index in [-0.39, 0.29) is 11.2 Å². The topological polar surface area (TPSA) is 20.2 Å². The Hall–Kier alpha value is -1.32. The fourth-order valence-corrected chi connectivity index (χ4v) is 4.64. The summed E-state index contributed by atoms with van der Waals surface area (Å²) in [6.07, 6.45) is 0. The van der Waals surface area contributed by atoms with Crippen molar-refractivity contribution in [3.8, 4) is 5.75 Å².